The highest BCUT2D eigenvalue weighted by Gasteiger charge is 2.29. The van der Waals surface area contributed by atoms with E-state index in [-0.39, 0.29) is 11.7 Å². The number of carbonyl (C=O) groups excluding carboxylic acids is 1. The Kier molecular flexibility index (Phi) is 4.13. The number of para-hydroxylation sites is 1. The van der Waals surface area contributed by atoms with Gasteiger partial charge in [-0.2, -0.15) is 9.47 Å². The number of nitrogens with one attached hydrogen (secondary N) is 2. The molecule has 8 nitrogen and oxygen atoms in total. The molecule has 4 heterocycles. The fourth-order valence-corrected chi connectivity index (χ4v) is 4.16. The summed E-state index contributed by atoms with van der Waals surface area (Å²) in [5, 5.41) is 10.7. The monoisotopic (exact) mass is 410 g/mol. The first-order valence-corrected chi connectivity index (χ1v) is 9.63. The SMILES string of the molecule is COc1c(F)cccc1Nc1c(-c2ccnc3cnsc23)nn2c1C(=O)NCC2. The van der Waals surface area contributed by atoms with Crippen LogP contribution < -0.4 is 15.4 Å². The van der Waals surface area contributed by atoms with Crippen LogP contribution in [-0.4, -0.2) is 38.7 Å². The number of fused-ring (bicyclic) bond motifs is 2. The summed E-state index contributed by atoms with van der Waals surface area (Å²) >= 11 is 1.31. The van der Waals surface area contributed by atoms with Crippen LogP contribution in [0.1, 0.15) is 10.5 Å². The lowest BCUT2D eigenvalue weighted by atomic mass is 10.1. The Morgan fingerprint density at radius 1 is 1.34 bits per heavy atom. The molecule has 5 rings (SSSR count). The smallest absolute Gasteiger partial charge is 0.271 e. The molecule has 1 aliphatic heterocycles. The third kappa shape index (κ3) is 2.80. The highest BCUT2D eigenvalue weighted by atomic mass is 32.1. The van der Waals surface area contributed by atoms with Crippen molar-refractivity contribution in [1.82, 2.24) is 24.5 Å². The van der Waals surface area contributed by atoms with Crippen LogP contribution in [0.25, 0.3) is 21.5 Å². The van der Waals surface area contributed by atoms with Gasteiger partial charge in [0.05, 0.1) is 35.9 Å². The number of carbonyl (C=O) groups is 1. The second-order valence-corrected chi connectivity index (χ2v) is 7.20. The summed E-state index contributed by atoms with van der Waals surface area (Å²) < 4.78 is 26.2. The first-order chi connectivity index (χ1) is 14.2. The van der Waals surface area contributed by atoms with Gasteiger partial charge in [0.2, 0.25) is 0 Å². The second kappa shape index (κ2) is 6.82. The molecule has 0 saturated heterocycles. The van der Waals surface area contributed by atoms with Crippen molar-refractivity contribution in [2.45, 2.75) is 6.54 Å². The zero-order valence-electron chi connectivity index (χ0n) is 15.3. The molecular weight excluding hydrogens is 395 g/mol. The van der Waals surface area contributed by atoms with Crippen LogP contribution in [0.3, 0.4) is 0 Å². The number of methoxy groups -OCH3 is 1. The average molecular weight is 410 g/mol. The summed E-state index contributed by atoms with van der Waals surface area (Å²) in [7, 11) is 1.40. The molecule has 0 spiro atoms. The molecule has 0 saturated carbocycles. The number of nitrogens with zero attached hydrogens (tertiary/aromatic N) is 4. The van der Waals surface area contributed by atoms with Crippen LogP contribution >= 0.6 is 11.5 Å². The largest absolute Gasteiger partial charge is 0.492 e. The fraction of sp³-hybridized carbons (Fsp3) is 0.158. The van der Waals surface area contributed by atoms with Gasteiger partial charge in [-0.3, -0.25) is 14.5 Å². The third-order valence-corrected chi connectivity index (χ3v) is 5.54. The Hall–Kier alpha value is -3.53. The Morgan fingerprint density at radius 3 is 3.10 bits per heavy atom. The molecule has 3 aromatic heterocycles. The van der Waals surface area contributed by atoms with Crippen LogP contribution in [0.4, 0.5) is 15.8 Å². The number of rotatable bonds is 4. The number of aromatic nitrogens is 4. The predicted molar refractivity (Wildman–Crippen MR) is 107 cm³/mol. The van der Waals surface area contributed by atoms with Crippen LogP contribution in [-0.2, 0) is 6.54 Å². The number of hydrogen-bond donors (Lipinski definition) is 2. The summed E-state index contributed by atoms with van der Waals surface area (Å²) in [5.74, 6) is -0.687. The molecule has 0 radical (unpaired) electrons. The number of ether oxygens (including phenoxy) is 1. The Bertz CT molecular complexity index is 1250. The minimum atomic E-state index is -0.502. The van der Waals surface area contributed by atoms with E-state index in [1.165, 1.54) is 24.7 Å². The van der Waals surface area contributed by atoms with Gasteiger partial charge in [-0.1, -0.05) is 6.07 Å². The molecule has 0 aliphatic carbocycles. The van der Waals surface area contributed by atoms with Gasteiger partial charge in [-0.15, -0.1) is 0 Å². The first-order valence-electron chi connectivity index (χ1n) is 8.85. The van der Waals surface area contributed by atoms with E-state index in [1.54, 1.807) is 29.2 Å². The minimum absolute atomic E-state index is 0.0623. The highest BCUT2D eigenvalue weighted by molar-refractivity contribution is 7.13. The van der Waals surface area contributed by atoms with Crippen LogP contribution in [0.5, 0.6) is 5.75 Å². The van der Waals surface area contributed by atoms with Gasteiger partial charge in [0, 0.05) is 18.3 Å². The molecular formula is C19H15FN6O2S. The van der Waals surface area contributed by atoms with Gasteiger partial charge in [-0.05, 0) is 29.7 Å². The molecule has 1 aromatic carbocycles. The molecule has 0 bridgehead atoms. The average Bonchev–Trinajstić information content (AvgIpc) is 3.34. The zero-order valence-corrected chi connectivity index (χ0v) is 16.1. The van der Waals surface area contributed by atoms with E-state index < -0.39 is 5.82 Å². The van der Waals surface area contributed by atoms with Crippen molar-refractivity contribution in [2.75, 3.05) is 19.0 Å². The van der Waals surface area contributed by atoms with E-state index in [9.17, 15) is 9.18 Å². The van der Waals surface area contributed by atoms with Gasteiger partial charge in [0.1, 0.15) is 16.9 Å². The Balaban J connectivity index is 1.74. The maximum atomic E-state index is 14.2. The molecule has 1 aliphatic rings. The predicted octanol–water partition coefficient (Wildman–Crippen LogP) is 3.19. The van der Waals surface area contributed by atoms with Crippen molar-refractivity contribution in [3.8, 4) is 17.0 Å². The lowest BCUT2D eigenvalue weighted by Gasteiger charge is -2.17. The van der Waals surface area contributed by atoms with E-state index in [0.717, 1.165) is 15.8 Å². The molecule has 4 aromatic rings. The van der Waals surface area contributed by atoms with Crippen molar-refractivity contribution in [3.05, 3.63) is 48.2 Å². The Labute approximate surface area is 168 Å². The third-order valence-electron chi connectivity index (χ3n) is 4.71. The van der Waals surface area contributed by atoms with Crippen molar-refractivity contribution in [1.29, 1.82) is 0 Å². The van der Waals surface area contributed by atoms with Crippen molar-refractivity contribution in [2.24, 2.45) is 0 Å². The summed E-state index contributed by atoms with van der Waals surface area (Å²) in [4.78, 5) is 17.0. The summed E-state index contributed by atoms with van der Waals surface area (Å²) in [6.45, 7) is 1.02. The van der Waals surface area contributed by atoms with Crippen molar-refractivity contribution < 1.29 is 13.9 Å². The number of anilines is 2. The second-order valence-electron chi connectivity index (χ2n) is 6.40. The summed E-state index contributed by atoms with van der Waals surface area (Å²) in [6, 6.07) is 6.41. The molecule has 29 heavy (non-hydrogen) atoms. The molecule has 10 heteroatoms. The quantitative estimate of drug-likeness (QED) is 0.537. The maximum absolute atomic E-state index is 14.2. The lowest BCUT2D eigenvalue weighted by Crippen LogP contribution is -2.35. The fourth-order valence-electron chi connectivity index (χ4n) is 3.44. The van der Waals surface area contributed by atoms with E-state index in [2.05, 4.69) is 25.1 Å². The highest BCUT2D eigenvalue weighted by Crippen LogP contribution is 2.40. The molecule has 0 unspecified atom stereocenters. The number of halogens is 1. The van der Waals surface area contributed by atoms with Gasteiger partial charge >= 0.3 is 0 Å². The maximum Gasteiger partial charge on any atom is 0.271 e. The summed E-state index contributed by atoms with van der Waals surface area (Å²) in [5.41, 5.74) is 3.37. The number of benzene rings is 1. The van der Waals surface area contributed by atoms with Gasteiger partial charge in [0.25, 0.3) is 5.91 Å². The number of pyridine rings is 1. The van der Waals surface area contributed by atoms with Crippen molar-refractivity contribution >= 4 is 39.0 Å². The van der Waals surface area contributed by atoms with E-state index in [4.69, 9.17) is 4.74 Å². The summed E-state index contributed by atoms with van der Waals surface area (Å²) in [6.07, 6.45) is 3.37. The van der Waals surface area contributed by atoms with E-state index >= 15 is 0 Å². The lowest BCUT2D eigenvalue weighted by molar-refractivity contribution is 0.0925. The molecule has 1 amide bonds. The van der Waals surface area contributed by atoms with E-state index in [0.29, 0.717) is 35.9 Å². The van der Waals surface area contributed by atoms with Crippen LogP contribution in [0.2, 0.25) is 0 Å². The van der Waals surface area contributed by atoms with Gasteiger partial charge in [0.15, 0.2) is 11.6 Å². The normalized spacial score (nSPS) is 13.2. The molecule has 2 N–H and O–H groups in total. The Morgan fingerprint density at radius 2 is 2.24 bits per heavy atom. The van der Waals surface area contributed by atoms with Crippen molar-refractivity contribution in [3.63, 3.8) is 0 Å². The molecule has 146 valence electrons. The zero-order chi connectivity index (χ0) is 20.0. The minimum Gasteiger partial charge on any atom is -0.492 e. The number of amides is 1. The molecule has 0 atom stereocenters. The van der Waals surface area contributed by atoms with E-state index in [1.807, 2.05) is 6.07 Å². The number of hydrogen-bond acceptors (Lipinski definition) is 7. The molecule has 0 fully saturated rings. The topological polar surface area (TPSA) is 94.0 Å². The van der Waals surface area contributed by atoms with Crippen LogP contribution in [0, 0.1) is 5.82 Å². The van der Waals surface area contributed by atoms with Gasteiger partial charge < -0.3 is 15.4 Å². The van der Waals surface area contributed by atoms with Crippen LogP contribution in [0.15, 0.2) is 36.7 Å². The first kappa shape index (κ1) is 17.6. The standard InChI is InChI=1S/C19H15FN6O2S/c1-28-17-11(20)3-2-4-12(17)24-15-14(25-26-8-7-22-19(27)16(15)26)10-5-6-21-13-9-23-29-18(10)13/h2-6,9,24H,7-8H2,1H3,(H,22,27). The van der Waals surface area contributed by atoms with Gasteiger partial charge in [-0.25, -0.2) is 4.39 Å².